The number of benzene rings is 4. The molecule has 5 rings (SSSR count). The number of hydrogen-bond acceptors (Lipinski definition) is 5. The van der Waals surface area contributed by atoms with Crippen molar-refractivity contribution in [2.24, 2.45) is 0 Å². The number of carbonyl (C=O) groups excluding carboxylic acids is 1. The van der Waals surface area contributed by atoms with Crippen molar-refractivity contribution < 1.29 is 18.7 Å². The van der Waals surface area contributed by atoms with Crippen LogP contribution in [0.15, 0.2) is 108 Å². The van der Waals surface area contributed by atoms with Crippen LogP contribution in [0.1, 0.15) is 44.5 Å². The summed E-state index contributed by atoms with van der Waals surface area (Å²) in [5.74, 6) is 0.680. The van der Waals surface area contributed by atoms with E-state index in [-0.39, 0.29) is 0 Å². The van der Waals surface area contributed by atoms with E-state index < -0.39 is 12.1 Å². The molecule has 5 aromatic rings. The Morgan fingerprint density at radius 3 is 2.22 bits per heavy atom. The van der Waals surface area contributed by atoms with Crippen LogP contribution >= 0.6 is 0 Å². The molecule has 0 aliphatic heterocycles. The van der Waals surface area contributed by atoms with Crippen molar-refractivity contribution in [1.29, 1.82) is 5.26 Å². The Morgan fingerprint density at radius 1 is 0.865 bits per heavy atom. The van der Waals surface area contributed by atoms with Gasteiger partial charge in [-0.25, -0.2) is 4.79 Å². The molecule has 0 radical (unpaired) electrons. The summed E-state index contributed by atoms with van der Waals surface area (Å²) in [6.45, 7) is 0. The van der Waals surface area contributed by atoms with Crippen LogP contribution in [0.2, 0.25) is 0 Å². The van der Waals surface area contributed by atoms with E-state index in [1.807, 2.05) is 72.8 Å². The van der Waals surface area contributed by atoms with E-state index >= 15 is 0 Å². The van der Waals surface area contributed by atoms with Gasteiger partial charge in [-0.3, -0.25) is 0 Å². The van der Waals surface area contributed by atoms with E-state index in [2.05, 4.69) is 6.07 Å². The molecule has 4 aromatic carbocycles. The van der Waals surface area contributed by atoms with Crippen molar-refractivity contribution in [2.45, 2.75) is 6.10 Å². The highest BCUT2D eigenvalue weighted by atomic mass is 16.5. The van der Waals surface area contributed by atoms with Crippen LogP contribution in [-0.4, -0.2) is 13.1 Å². The third-order valence-corrected chi connectivity index (χ3v) is 6.00. The molecule has 0 fully saturated rings. The maximum absolute atomic E-state index is 13.5. The molecule has 0 amide bonds. The van der Waals surface area contributed by atoms with Crippen LogP contribution < -0.4 is 4.74 Å². The van der Waals surface area contributed by atoms with E-state index in [0.717, 1.165) is 16.5 Å². The molecule has 1 aromatic heterocycles. The Morgan fingerprint density at radius 2 is 1.57 bits per heavy atom. The van der Waals surface area contributed by atoms with Gasteiger partial charge in [0.05, 0.1) is 24.3 Å². The van der Waals surface area contributed by atoms with Crippen molar-refractivity contribution in [3.05, 3.63) is 137 Å². The summed E-state index contributed by atoms with van der Waals surface area (Å²) in [6, 6.07) is 33.8. The summed E-state index contributed by atoms with van der Waals surface area (Å²) in [5.41, 5.74) is 4.03. The van der Waals surface area contributed by atoms with Gasteiger partial charge >= 0.3 is 5.97 Å². The van der Waals surface area contributed by atoms with E-state index in [1.54, 1.807) is 49.6 Å². The molecule has 0 aliphatic rings. The molecule has 0 spiro atoms. The van der Waals surface area contributed by atoms with E-state index in [4.69, 9.17) is 19.2 Å². The van der Waals surface area contributed by atoms with Gasteiger partial charge in [-0.15, -0.1) is 0 Å². The fourth-order valence-corrected chi connectivity index (χ4v) is 4.13. The SMILES string of the molecule is COc1ccc(/C=C/c2cc3cc(C#N)ccc3o2)c(C(=O)OC(c2ccccc2)c2ccccc2)c1. The number of esters is 1. The van der Waals surface area contributed by atoms with Gasteiger partial charge in [0.1, 0.15) is 17.1 Å². The maximum Gasteiger partial charge on any atom is 0.339 e. The van der Waals surface area contributed by atoms with Crippen LogP contribution in [0.4, 0.5) is 0 Å². The second-order valence-corrected chi connectivity index (χ2v) is 8.41. The first-order chi connectivity index (χ1) is 18.1. The van der Waals surface area contributed by atoms with Crippen LogP contribution in [0, 0.1) is 11.3 Å². The number of nitrogens with zero attached hydrogens (tertiary/aromatic N) is 1. The Hall–Kier alpha value is -5.08. The second-order valence-electron chi connectivity index (χ2n) is 8.41. The molecule has 0 bridgehead atoms. The smallest absolute Gasteiger partial charge is 0.339 e. The van der Waals surface area contributed by atoms with Gasteiger partial charge in [0, 0.05) is 5.39 Å². The highest BCUT2D eigenvalue weighted by Gasteiger charge is 2.22. The number of carbonyl (C=O) groups is 1. The molecular formula is C32H23NO4. The minimum Gasteiger partial charge on any atom is -0.497 e. The third-order valence-electron chi connectivity index (χ3n) is 6.00. The summed E-state index contributed by atoms with van der Waals surface area (Å²) in [4.78, 5) is 13.5. The third kappa shape index (κ3) is 5.29. The van der Waals surface area contributed by atoms with Gasteiger partial charge in [-0.1, -0.05) is 72.8 Å². The van der Waals surface area contributed by atoms with E-state index in [1.165, 1.54) is 0 Å². The lowest BCUT2D eigenvalue weighted by Crippen LogP contribution is -2.14. The highest BCUT2D eigenvalue weighted by Crippen LogP contribution is 2.29. The predicted octanol–water partition coefficient (Wildman–Crippen LogP) is 7.43. The average Bonchev–Trinajstić information content (AvgIpc) is 3.37. The van der Waals surface area contributed by atoms with Crippen molar-refractivity contribution in [1.82, 2.24) is 0 Å². The zero-order valence-electron chi connectivity index (χ0n) is 20.1. The zero-order chi connectivity index (χ0) is 25.6. The number of fused-ring (bicyclic) bond motifs is 1. The fraction of sp³-hybridized carbons (Fsp3) is 0.0625. The fourth-order valence-electron chi connectivity index (χ4n) is 4.13. The molecule has 0 N–H and O–H groups in total. The first-order valence-electron chi connectivity index (χ1n) is 11.8. The molecule has 5 heteroatoms. The number of methoxy groups -OCH3 is 1. The summed E-state index contributed by atoms with van der Waals surface area (Å²) in [7, 11) is 1.56. The molecule has 5 nitrogen and oxygen atoms in total. The van der Waals surface area contributed by atoms with E-state index in [9.17, 15) is 4.79 Å². The molecule has 0 saturated carbocycles. The van der Waals surface area contributed by atoms with Crippen molar-refractivity contribution in [3.63, 3.8) is 0 Å². The summed E-state index contributed by atoms with van der Waals surface area (Å²) >= 11 is 0. The van der Waals surface area contributed by atoms with Crippen LogP contribution in [-0.2, 0) is 4.74 Å². The Balaban J connectivity index is 1.48. The van der Waals surface area contributed by atoms with Crippen molar-refractivity contribution in [2.75, 3.05) is 7.11 Å². The Bertz CT molecular complexity index is 1570. The molecule has 180 valence electrons. The lowest BCUT2D eigenvalue weighted by Gasteiger charge is -2.20. The monoisotopic (exact) mass is 485 g/mol. The largest absolute Gasteiger partial charge is 0.497 e. The zero-order valence-corrected chi connectivity index (χ0v) is 20.1. The molecule has 0 unspecified atom stereocenters. The number of ether oxygens (including phenoxy) is 2. The van der Waals surface area contributed by atoms with Crippen molar-refractivity contribution in [3.8, 4) is 11.8 Å². The quantitative estimate of drug-likeness (QED) is 0.224. The predicted molar refractivity (Wildman–Crippen MR) is 143 cm³/mol. The van der Waals surface area contributed by atoms with Gasteiger partial charge in [-0.2, -0.15) is 5.26 Å². The number of rotatable bonds is 7. The molecule has 0 atom stereocenters. The van der Waals surface area contributed by atoms with Gasteiger partial charge in [0.25, 0.3) is 0 Å². The normalized spacial score (nSPS) is 11.1. The molecule has 0 saturated heterocycles. The summed E-state index contributed by atoms with van der Waals surface area (Å²) in [5, 5.41) is 9.98. The lowest BCUT2D eigenvalue weighted by atomic mass is 10.0. The first-order valence-corrected chi connectivity index (χ1v) is 11.8. The number of furan rings is 1. The van der Waals surface area contributed by atoms with Crippen LogP contribution in [0.3, 0.4) is 0 Å². The summed E-state index contributed by atoms with van der Waals surface area (Å²) in [6.07, 6.45) is 3.03. The number of nitriles is 1. The molecular weight excluding hydrogens is 462 g/mol. The standard InChI is InChI=1S/C32H23NO4/c1-35-27-15-13-23(14-16-28-19-26-18-22(21-33)12-17-30(26)36-28)29(20-27)32(34)37-31(24-8-4-2-5-9-24)25-10-6-3-7-11-25/h2-20,31H,1H3/b16-14+. The minimum absolute atomic E-state index is 0.371. The topological polar surface area (TPSA) is 72.5 Å². The van der Waals surface area contributed by atoms with Gasteiger partial charge in [0.2, 0.25) is 0 Å². The first kappa shape index (κ1) is 23.7. The second kappa shape index (κ2) is 10.7. The van der Waals surface area contributed by atoms with Gasteiger partial charge in [-0.05, 0) is 59.2 Å². The van der Waals surface area contributed by atoms with E-state index in [0.29, 0.717) is 33.8 Å². The Kier molecular flexibility index (Phi) is 6.82. The molecule has 37 heavy (non-hydrogen) atoms. The number of hydrogen-bond donors (Lipinski definition) is 0. The average molecular weight is 486 g/mol. The molecule has 1 heterocycles. The van der Waals surface area contributed by atoms with Crippen molar-refractivity contribution >= 4 is 29.1 Å². The lowest BCUT2D eigenvalue weighted by molar-refractivity contribution is 0.0377. The summed E-state index contributed by atoms with van der Waals surface area (Å²) < 4.78 is 17.4. The highest BCUT2D eigenvalue weighted by molar-refractivity contribution is 5.96. The van der Waals surface area contributed by atoms with Gasteiger partial charge in [0.15, 0.2) is 6.10 Å². The van der Waals surface area contributed by atoms with Crippen LogP contribution in [0.25, 0.3) is 23.1 Å². The minimum atomic E-state index is -0.567. The maximum atomic E-state index is 13.5. The molecule has 0 aliphatic carbocycles. The van der Waals surface area contributed by atoms with Crippen LogP contribution in [0.5, 0.6) is 5.75 Å². The Labute approximate surface area is 214 Å². The van der Waals surface area contributed by atoms with Gasteiger partial charge < -0.3 is 13.9 Å².